The van der Waals surface area contributed by atoms with E-state index in [-0.39, 0.29) is 29.4 Å². The molecule has 11 nitrogen and oxygen atoms in total. The Hall–Kier alpha value is -4.25. The van der Waals surface area contributed by atoms with Crippen LogP contribution in [-0.2, 0) is 0 Å². The maximum atomic E-state index is 12.3. The molecule has 0 saturated carbocycles. The van der Waals surface area contributed by atoms with Crippen LogP contribution in [0.15, 0.2) is 54.6 Å². The van der Waals surface area contributed by atoms with Gasteiger partial charge in [-0.15, -0.1) is 15.3 Å². The Kier molecular flexibility index (Phi) is 6.31. The Morgan fingerprint density at radius 3 is 2.76 bits per heavy atom. The van der Waals surface area contributed by atoms with Crippen molar-refractivity contribution in [1.82, 2.24) is 25.1 Å². The van der Waals surface area contributed by atoms with Crippen LogP contribution in [0.25, 0.3) is 17.0 Å². The van der Waals surface area contributed by atoms with Crippen LogP contribution in [0.4, 0.5) is 5.69 Å². The molecule has 0 saturated heterocycles. The fourth-order valence-corrected chi connectivity index (χ4v) is 3.32. The highest BCUT2D eigenvalue weighted by Crippen LogP contribution is 2.28. The molecule has 0 spiro atoms. The number of para-hydroxylation sites is 1. The first-order valence-corrected chi connectivity index (χ1v) is 10.1. The number of aromatic nitrogens is 4. The number of benzene rings is 2. The molecule has 1 amide bonds. The molecule has 33 heavy (non-hydrogen) atoms. The van der Waals surface area contributed by atoms with Gasteiger partial charge < -0.3 is 14.8 Å². The van der Waals surface area contributed by atoms with Crippen molar-refractivity contribution in [2.45, 2.75) is 0 Å². The van der Waals surface area contributed by atoms with Crippen molar-refractivity contribution in [2.75, 3.05) is 20.3 Å². The number of methoxy groups -OCH3 is 1. The number of hydrogen-bond acceptors (Lipinski definition) is 8. The van der Waals surface area contributed by atoms with E-state index in [4.69, 9.17) is 21.1 Å². The molecule has 0 bridgehead atoms. The number of amides is 1. The minimum absolute atomic E-state index is 0.00814. The third kappa shape index (κ3) is 4.67. The molecular weight excluding hydrogens is 452 g/mol. The average molecular weight is 469 g/mol. The van der Waals surface area contributed by atoms with Crippen LogP contribution in [0.1, 0.15) is 10.4 Å². The molecule has 0 aliphatic heterocycles. The van der Waals surface area contributed by atoms with Crippen LogP contribution in [0.2, 0.25) is 5.02 Å². The number of halogens is 1. The van der Waals surface area contributed by atoms with Crippen molar-refractivity contribution >= 4 is 28.8 Å². The number of non-ortho nitro benzene ring substituents is 1. The Morgan fingerprint density at radius 2 is 2.00 bits per heavy atom. The van der Waals surface area contributed by atoms with E-state index in [2.05, 4.69) is 20.6 Å². The van der Waals surface area contributed by atoms with Crippen molar-refractivity contribution in [2.24, 2.45) is 0 Å². The molecule has 2 aromatic heterocycles. The average Bonchev–Trinajstić information content (AvgIpc) is 3.24. The number of nitro groups is 1. The van der Waals surface area contributed by atoms with Gasteiger partial charge >= 0.3 is 0 Å². The van der Waals surface area contributed by atoms with E-state index in [1.165, 1.54) is 12.1 Å². The second kappa shape index (κ2) is 9.49. The summed E-state index contributed by atoms with van der Waals surface area (Å²) < 4.78 is 12.6. The minimum atomic E-state index is -0.583. The largest absolute Gasteiger partial charge is 0.496 e. The Balaban J connectivity index is 1.41. The smallest absolute Gasteiger partial charge is 0.270 e. The standard InChI is InChI=1S/C21H17ClN6O5/c1-32-17-5-3-2-4-15(17)20-25-24-18-8-9-19(26-27(18)20)33-11-10-23-21(29)14-7-6-13(28(30)31)12-16(14)22/h2-9,12H,10-11H2,1H3,(H,23,29). The SMILES string of the molecule is COc1ccccc1-c1nnc2ccc(OCCNC(=O)c3ccc([N+](=O)[O-])cc3Cl)nn12. The summed E-state index contributed by atoms with van der Waals surface area (Å²) in [6.07, 6.45) is 0. The van der Waals surface area contributed by atoms with E-state index in [0.29, 0.717) is 23.1 Å². The van der Waals surface area contributed by atoms with Gasteiger partial charge in [-0.2, -0.15) is 4.52 Å². The fourth-order valence-electron chi connectivity index (χ4n) is 3.06. The fraction of sp³-hybridized carbons (Fsp3) is 0.143. The first-order chi connectivity index (χ1) is 16.0. The number of fused-ring (bicyclic) bond motifs is 1. The Morgan fingerprint density at radius 1 is 1.18 bits per heavy atom. The molecule has 12 heteroatoms. The lowest BCUT2D eigenvalue weighted by molar-refractivity contribution is -0.384. The number of nitrogens with zero attached hydrogens (tertiary/aromatic N) is 5. The first-order valence-electron chi connectivity index (χ1n) is 9.68. The van der Waals surface area contributed by atoms with Gasteiger partial charge in [-0.1, -0.05) is 23.7 Å². The molecule has 2 heterocycles. The summed E-state index contributed by atoms with van der Waals surface area (Å²) in [5.74, 6) is 0.960. The third-order valence-corrected chi connectivity index (χ3v) is 4.94. The summed E-state index contributed by atoms with van der Waals surface area (Å²) in [5.41, 5.74) is 1.20. The monoisotopic (exact) mass is 468 g/mol. The molecule has 0 aliphatic carbocycles. The van der Waals surface area contributed by atoms with Gasteiger partial charge in [0.05, 0.1) is 34.7 Å². The lowest BCUT2D eigenvalue weighted by Crippen LogP contribution is -2.28. The number of ether oxygens (including phenoxy) is 2. The molecule has 0 unspecified atom stereocenters. The molecule has 4 rings (SSSR count). The highest BCUT2D eigenvalue weighted by Gasteiger charge is 2.16. The van der Waals surface area contributed by atoms with Crippen LogP contribution in [0.3, 0.4) is 0 Å². The third-order valence-electron chi connectivity index (χ3n) is 4.63. The zero-order valence-electron chi connectivity index (χ0n) is 17.3. The highest BCUT2D eigenvalue weighted by atomic mass is 35.5. The summed E-state index contributed by atoms with van der Waals surface area (Å²) >= 11 is 5.98. The lowest BCUT2D eigenvalue weighted by Gasteiger charge is -2.09. The second-order valence-electron chi connectivity index (χ2n) is 6.69. The van der Waals surface area contributed by atoms with E-state index < -0.39 is 10.8 Å². The molecular formula is C21H17ClN6O5. The first kappa shape index (κ1) is 22.0. The topological polar surface area (TPSA) is 134 Å². The summed E-state index contributed by atoms with van der Waals surface area (Å²) in [5, 5.41) is 26.2. The quantitative estimate of drug-likeness (QED) is 0.237. The summed E-state index contributed by atoms with van der Waals surface area (Å²) in [7, 11) is 1.57. The molecule has 168 valence electrons. The van der Waals surface area contributed by atoms with Crippen LogP contribution in [0, 0.1) is 10.1 Å². The van der Waals surface area contributed by atoms with Crippen molar-refractivity contribution in [3.8, 4) is 23.0 Å². The normalized spacial score (nSPS) is 10.7. The Bertz CT molecular complexity index is 1340. The zero-order valence-corrected chi connectivity index (χ0v) is 18.0. The molecule has 0 radical (unpaired) electrons. The van der Waals surface area contributed by atoms with Crippen molar-refractivity contribution in [3.63, 3.8) is 0 Å². The molecule has 0 fully saturated rings. The number of hydrogen-bond donors (Lipinski definition) is 1. The molecule has 2 aromatic carbocycles. The van der Waals surface area contributed by atoms with E-state index in [0.717, 1.165) is 11.6 Å². The number of rotatable bonds is 8. The van der Waals surface area contributed by atoms with Crippen LogP contribution >= 0.6 is 11.6 Å². The lowest BCUT2D eigenvalue weighted by atomic mass is 10.2. The molecule has 1 N–H and O–H groups in total. The van der Waals surface area contributed by atoms with E-state index in [1.54, 1.807) is 23.8 Å². The predicted molar refractivity (Wildman–Crippen MR) is 119 cm³/mol. The maximum absolute atomic E-state index is 12.3. The minimum Gasteiger partial charge on any atom is -0.496 e. The van der Waals surface area contributed by atoms with Gasteiger partial charge in [-0.05, 0) is 24.3 Å². The van der Waals surface area contributed by atoms with E-state index >= 15 is 0 Å². The van der Waals surface area contributed by atoms with Crippen molar-refractivity contribution < 1.29 is 19.2 Å². The second-order valence-corrected chi connectivity index (χ2v) is 7.10. The van der Waals surface area contributed by atoms with Gasteiger partial charge in [-0.25, -0.2) is 0 Å². The van der Waals surface area contributed by atoms with Gasteiger partial charge in [0.2, 0.25) is 5.88 Å². The molecule has 0 atom stereocenters. The van der Waals surface area contributed by atoms with Gasteiger partial charge in [0, 0.05) is 18.2 Å². The van der Waals surface area contributed by atoms with Gasteiger partial charge in [-0.3, -0.25) is 14.9 Å². The molecule has 4 aromatic rings. The number of nitro benzene ring substituents is 1. The molecule has 0 aliphatic rings. The maximum Gasteiger partial charge on any atom is 0.270 e. The predicted octanol–water partition coefficient (Wildman–Crippen LogP) is 3.17. The highest BCUT2D eigenvalue weighted by molar-refractivity contribution is 6.34. The van der Waals surface area contributed by atoms with Gasteiger partial charge in [0.15, 0.2) is 11.5 Å². The zero-order chi connectivity index (χ0) is 23.4. The summed E-state index contributed by atoms with van der Waals surface area (Å²) in [4.78, 5) is 22.5. The summed E-state index contributed by atoms with van der Waals surface area (Å²) in [6, 6.07) is 14.4. The number of carbonyl (C=O) groups excluding carboxylic acids is 1. The van der Waals surface area contributed by atoms with Gasteiger partial charge in [0.1, 0.15) is 12.4 Å². The van der Waals surface area contributed by atoms with Crippen molar-refractivity contribution in [3.05, 3.63) is 75.3 Å². The number of carbonyl (C=O) groups is 1. The Labute approximate surface area is 192 Å². The van der Waals surface area contributed by atoms with Crippen LogP contribution in [0.5, 0.6) is 11.6 Å². The van der Waals surface area contributed by atoms with E-state index in [9.17, 15) is 14.9 Å². The van der Waals surface area contributed by atoms with E-state index in [1.807, 2.05) is 24.3 Å². The number of nitrogens with one attached hydrogen (secondary N) is 1. The van der Waals surface area contributed by atoms with Crippen LogP contribution < -0.4 is 14.8 Å². The van der Waals surface area contributed by atoms with Gasteiger partial charge in [0.25, 0.3) is 11.6 Å². The summed E-state index contributed by atoms with van der Waals surface area (Å²) in [6.45, 7) is 0.286. The van der Waals surface area contributed by atoms with Crippen LogP contribution in [-0.4, -0.2) is 50.9 Å². The van der Waals surface area contributed by atoms with Crippen molar-refractivity contribution in [1.29, 1.82) is 0 Å².